The Hall–Kier alpha value is -2.88. The Morgan fingerprint density at radius 3 is 2.05 bits per heavy atom. The molecule has 0 atom stereocenters. The van der Waals surface area contributed by atoms with Gasteiger partial charge in [0.05, 0.1) is 18.4 Å². The van der Waals surface area contributed by atoms with E-state index in [-0.39, 0.29) is 6.08 Å². The van der Waals surface area contributed by atoms with E-state index < -0.39 is 5.63 Å². The highest BCUT2D eigenvalue weighted by atomic mass is 16.6. The summed E-state index contributed by atoms with van der Waals surface area (Å²) in [6, 6.07) is 18.8. The van der Waals surface area contributed by atoms with Gasteiger partial charge in [-0.05, 0) is 5.56 Å². The van der Waals surface area contributed by atoms with Gasteiger partial charge in [0.2, 0.25) is 0 Å². The third kappa shape index (κ3) is 2.56. The summed E-state index contributed by atoms with van der Waals surface area (Å²) >= 11 is 0. The Balaban J connectivity index is 2.31. The number of methoxy groups -OCH3 is 1. The van der Waals surface area contributed by atoms with Gasteiger partial charge in [-0.25, -0.2) is 4.79 Å². The molecule has 0 saturated heterocycles. The average Bonchev–Trinajstić information content (AvgIpc) is 2.55. The fourth-order valence-corrected chi connectivity index (χ4v) is 2.15. The van der Waals surface area contributed by atoms with Gasteiger partial charge >= 0.3 is 11.7 Å². The molecule has 1 heterocycles. The molecule has 3 rings (SSSR count). The molecule has 104 valence electrons. The molecule has 0 fully saturated rings. The third-order valence-corrected chi connectivity index (χ3v) is 3.11. The van der Waals surface area contributed by atoms with Crippen LogP contribution >= 0.6 is 0 Å². The molecule has 0 unspecified atom stereocenters. The van der Waals surface area contributed by atoms with Crippen molar-refractivity contribution >= 4 is 0 Å². The quantitative estimate of drug-likeness (QED) is 0.737. The first kappa shape index (κ1) is 13.1. The van der Waals surface area contributed by atoms with Crippen LogP contribution in [0.15, 0.2) is 69.9 Å². The van der Waals surface area contributed by atoms with E-state index in [0.29, 0.717) is 11.3 Å². The second-order valence-corrected chi connectivity index (χ2v) is 4.43. The maximum atomic E-state index is 12.3. The maximum absolute atomic E-state index is 12.3. The molecular weight excluding hydrogens is 266 g/mol. The molecule has 0 aliphatic rings. The van der Waals surface area contributed by atoms with E-state index in [1.54, 1.807) is 0 Å². The molecule has 0 aliphatic carbocycles. The Kier molecular flexibility index (Phi) is 3.51. The van der Waals surface area contributed by atoms with Gasteiger partial charge in [0.15, 0.2) is 0 Å². The largest absolute Gasteiger partial charge is 0.453 e. The summed E-state index contributed by atoms with van der Waals surface area (Å²) in [6.45, 7) is 0. The second kappa shape index (κ2) is 5.63. The van der Waals surface area contributed by atoms with Crippen LogP contribution in [0.1, 0.15) is 0 Å². The standard InChI is InChI=1S/C17H13NO3/c1-20-17-18-15(13-10-6-3-7-11-13)14(16(19)21-17)12-8-4-2-5-9-12/h2-11H,1H3. The zero-order valence-corrected chi connectivity index (χ0v) is 11.4. The summed E-state index contributed by atoms with van der Waals surface area (Å²) < 4.78 is 10.1. The highest BCUT2D eigenvalue weighted by Crippen LogP contribution is 2.29. The van der Waals surface area contributed by atoms with Gasteiger partial charge in [-0.3, -0.25) is 0 Å². The summed E-state index contributed by atoms with van der Waals surface area (Å²) in [5.41, 5.74) is 2.12. The van der Waals surface area contributed by atoms with Gasteiger partial charge in [-0.2, -0.15) is 4.98 Å². The molecule has 0 N–H and O–H groups in total. The first-order chi connectivity index (χ1) is 10.3. The number of hydrogen-bond donors (Lipinski definition) is 0. The van der Waals surface area contributed by atoms with Gasteiger partial charge in [0, 0.05) is 5.56 Å². The van der Waals surface area contributed by atoms with Crippen molar-refractivity contribution in [3.8, 4) is 28.5 Å². The molecule has 1 aromatic heterocycles. The molecule has 0 bridgehead atoms. The van der Waals surface area contributed by atoms with E-state index in [4.69, 9.17) is 9.15 Å². The predicted molar refractivity (Wildman–Crippen MR) is 80.2 cm³/mol. The molecule has 2 aromatic carbocycles. The Morgan fingerprint density at radius 2 is 1.48 bits per heavy atom. The second-order valence-electron chi connectivity index (χ2n) is 4.43. The number of hydrogen-bond acceptors (Lipinski definition) is 4. The minimum atomic E-state index is -0.466. The van der Waals surface area contributed by atoms with Gasteiger partial charge in [-0.15, -0.1) is 0 Å². The van der Waals surface area contributed by atoms with Crippen LogP contribution in [0.2, 0.25) is 0 Å². The van der Waals surface area contributed by atoms with Crippen molar-refractivity contribution in [3.63, 3.8) is 0 Å². The minimum absolute atomic E-state index is 0.0430. The molecule has 0 amide bonds. The monoisotopic (exact) mass is 279 g/mol. The first-order valence-corrected chi connectivity index (χ1v) is 6.49. The molecule has 3 aromatic rings. The SMILES string of the molecule is COc1nc(-c2ccccc2)c(-c2ccccc2)c(=O)o1. The van der Waals surface area contributed by atoms with Crippen molar-refractivity contribution in [1.82, 2.24) is 4.98 Å². The van der Waals surface area contributed by atoms with Gasteiger partial charge in [-0.1, -0.05) is 60.7 Å². The van der Waals surface area contributed by atoms with Crippen molar-refractivity contribution < 1.29 is 9.15 Å². The fourth-order valence-electron chi connectivity index (χ4n) is 2.15. The van der Waals surface area contributed by atoms with Crippen molar-refractivity contribution in [3.05, 3.63) is 71.1 Å². The Morgan fingerprint density at radius 1 is 0.905 bits per heavy atom. The lowest BCUT2D eigenvalue weighted by molar-refractivity contribution is 0.268. The minimum Gasteiger partial charge on any atom is -0.453 e. The lowest BCUT2D eigenvalue weighted by Crippen LogP contribution is -2.08. The molecule has 0 radical (unpaired) electrons. The van der Waals surface area contributed by atoms with Crippen LogP contribution < -0.4 is 10.4 Å². The summed E-state index contributed by atoms with van der Waals surface area (Å²) in [5.74, 6) is 0. The van der Waals surface area contributed by atoms with Crippen LogP contribution in [0.3, 0.4) is 0 Å². The fraction of sp³-hybridized carbons (Fsp3) is 0.0588. The molecule has 21 heavy (non-hydrogen) atoms. The van der Waals surface area contributed by atoms with E-state index >= 15 is 0 Å². The number of ether oxygens (including phenoxy) is 1. The molecular formula is C17H13NO3. The van der Waals surface area contributed by atoms with Crippen molar-refractivity contribution in [2.24, 2.45) is 0 Å². The number of rotatable bonds is 3. The first-order valence-electron chi connectivity index (χ1n) is 6.49. The normalized spacial score (nSPS) is 10.3. The highest BCUT2D eigenvalue weighted by molar-refractivity contribution is 5.79. The van der Waals surface area contributed by atoms with Crippen LogP contribution in [0.5, 0.6) is 6.08 Å². The summed E-state index contributed by atoms with van der Waals surface area (Å²) in [6.07, 6.45) is -0.0430. The van der Waals surface area contributed by atoms with Gasteiger partial charge < -0.3 is 9.15 Å². The van der Waals surface area contributed by atoms with E-state index in [2.05, 4.69) is 4.98 Å². The zero-order valence-electron chi connectivity index (χ0n) is 11.4. The number of benzene rings is 2. The van der Waals surface area contributed by atoms with Gasteiger partial charge in [0.1, 0.15) is 0 Å². The predicted octanol–water partition coefficient (Wildman–Crippen LogP) is 3.38. The summed E-state index contributed by atoms with van der Waals surface area (Å²) in [7, 11) is 1.42. The smallest absolute Gasteiger partial charge is 0.396 e. The van der Waals surface area contributed by atoms with Crippen LogP contribution in [0.25, 0.3) is 22.4 Å². The van der Waals surface area contributed by atoms with E-state index in [9.17, 15) is 4.79 Å². The Bertz CT molecular complexity index is 795. The molecule has 0 saturated carbocycles. The number of aromatic nitrogens is 1. The average molecular weight is 279 g/mol. The third-order valence-electron chi connectivity index (χ3n) is 3.11. The van der Waals surface area contributed by atoms with E-state index in [1.807, 2.05) is 60.7 Å². The van der Waals surface area contributed by atoms with Crippen LogP contribution in [-0.2, 0) is 0 Å². The van der Waals surface area contributed by atoms with E-state index in [1.165, 1.54) is 7.11 Å². The summed E-state index contributed by atoms with van der Waals surface area (Å²) in [4.78, 5) is 16.6. The van der Waals surface area contributed by atoms with Crippen molar-refractivity contribution in [2.45, 2.75) is 0 Å². The van der Waals surface area contributed by atoms with Gasteiger partial charge in [0.25, 0.3) is 0 Å². The van der Waals surface area contributed by atoms with Crippen molar-refractivity contribution in [1.29, 1.82) is 0 Å². The molecule has 0 spiro atoms. The van der Waals surface area contributed by atoms with E-state index in [0.717, 1.165) is 11.1 Å². The molecule has 4 heteroatoms. The van der Waals surface area contributed by atoms with Crippen LogP contribution in [0, 0.1) is 0 Å². The molecule has 4 nitrogen and oxygen atoms in total. The van der Waals surface area contributed by atoms with Crippen LogP contribution in [0.4, 0.5) is 0 Å². The topological polar surface area (TPSA) is 52.3 Å². The Labute approximate surface area is 121 Å². The lowest BCUT2D eigenvalue weighted by atomic mass is 10.0. The van der Waals surface area contributed by atoms with Crippen molar-refractivity contribution in [2.75, 3.05) is 7.11 Å². The maximum Gasteiger partial charge on any atom is 0.396 e. The highest BCUT2D eigenvalue weighted by Gasteiger charge is 2.17. The molecule has 0 aliphatic heterocycles. The van der Waals surface area contributed by atoms with Crippen LogP contribution in [-0.4, -0.2) is 12.1 Å². The number of nitrogens with zero attached hydrogens (tertiary/aromatic N) is 1. The zero-order chi connectivity index (χ0) is 14.7. The summed E-state index contributed by atoms with van der Waals surface area (Å²) in [5, 5.41) is 0. The lowest BCUT2D eigenvalue weighted by Gasteiger charge is -2.08.